The van der Waals surface area contributed by atoms with Crippen LogP contribution >= 0.6 is 35.0 Å². The number of nitrogens with zero attached hydrogens (tertiary/aromatic N) is 4. The maximum absolute atomic E-state index is 12.6. The molecule has 0 saturated carbocycles. The van der Waals surface area contributed by atoms with Crippen molar-refractivity contribution in [2.45, 2.75) is 18.9 Å². The summed E-state index contributed by atoms with van der Waals surface area (Å²) in [7, 11) is 1.58. The molecule has 2 heterocycles. The number of imidazole rings is 1. The van der Waals surface area contributed by atoms with Crippen molar-refractivity contribution in [2.75, 3.05) is 12.1 Å². The van der Waals surface area contributed by atoms with E-state index in [-0.39, 0.29) is 11.8 Å². The molecule has 1 aromatic heterocycles. The van der Waals surface area contributed by atoms with E-state index in [0.29, 0.717) is 48.6 Å². The molecule has 0 atom stereocenters. The first kappa shape index (κ1) is 21.4. The number of amides is 1. The van der Waals surface area contributed by atoms with Crippen LogP contribution in [0.25, 0.3) is 11.4 Å². The Morgan fingerprint density at radius 3 is 2.23 bits per heavy atom. The normalized spacial score (nSPS) is 12.9. The summed E-state index contributed by atoms with van der Waals surface area (Å²) in [6.07, 6.45) is 0. The summed E-state index contributed by atoms with van der Waals surface area (Å²) in [5, 5.41) is 7.40. The Bertz CT molecular complexity index is 1240. The number of anilines is 1. The first-order valence-electron chi connectivity index (χ1n) is 9.11. The van der Waals surface area contributed by atoms with Gasteiger partial charge in [0, 0.05) is 25.0 Å². The number of hydrogen-bond donors (Lipinski definition) is 0. The molecule has 31 heavy (non-hydrogen) atoms. The monoisotopic (exact) mass is 474 g/mol. The Kier molecular flexibility index (Phi) is 5.79. The third-order valence-electron chi connectivity index (χ3n) is 4.53. The van der Waals surface area contributed by atoms with Crippen LogP contribution in [0, 0.1) is 0 Å². The molecule has 1 aliphatic rings. The molecular formula is C21H16Cl2N4O3S. The number of benzene rings is 2. The minimum Gasteiger partial charge on any atom is -0.497 e. The zero-order valence-corrected chi connectivity index (χ0v) is 19.0. The van der Waals surface area contributed by atoms with Crippen molar-refractivity contribution >= 4 is 57.6 Å². The van der Waals surface area contributed by atoms with E-state index in [2.05, 4.69) is 10.1 Å². The van der Waals surface area contributed by atoms with E-state index < -0.39 is 0 Å². The van der Waals surface area contributed by atoms with Crippen LogP contribution in [0.5, 0.6) is 5.75 Å². The molecule has 0 unspecified atom stereocenters. The number of thioether (sulfide) groups is 1. The molecule has 0 bridgehead atoms. The fourth-order valence-corrected chi connectivity index (χ4v) is 4.44. The van der Waals surface area contributed by atoms with E-state index in [1.54, 1.807) is 49.6 Å². The van der Waals surface area contributed by atoms with Crippen molar-refractivity contribution in [2.24, 2.45) is 5.10 Å². The fourth-order valence-electron chi connectivity index (χ4n) is 3.06. The number of rotatable bonds is 3. The largest absolute Gasteiger partial charge is 0.497 e. The third kappa shape index (κ3) is 3.94. The standard InChI is InChI=1S/C21H16Cl2N4O3S/c1-11(28)26-18(13-4-7-15(30-3)8-5-13)24-19-21(26)31-20(25-27(19)12(2)29)14-6-9-16(22)17(23)10-14/h4-10H,1-3H3. The van der Waals surface area contributed by atoms with Gasteiger partial charge in [-0.1, -0.05) is 29.3 Å². The summed E-state index contributed by atoms with van der Waals surface area (Å²) in [6.45, 7) is 2.83. The van der Waals surface area contributed by atoms with E-state index in [9.17, 15) is 9.59 Å². The van der Waals surface area contributed by atoms with Gasteiger partial charge in [0.15, 0.2) is 5.82 Å². The number of hydrogen-bond acceptors (Lipinski definition) is 6. The molecule has 1 aliphatic heterocycles. The average Bonchev–Trinajstić information content (AvgIpc) is 3.14. The van der Waals surface area contributed by atoms with Gasteiger partial charge in [0.05, 0.1) is 17.2 Å². The second-order valence-corrected chi connectivity index (χ2v) is 8.41. The maximum atomic E-state index is 12.6. The van der Waals surface area contributed by atoms with Crippen LogP contribution in [0.3, 0.4) is 0 Å². The Hall–Kier alpha value is -2.81. The number of fused-ring (bicyclic) bond motifs is 1. The lowest BCUT2D eigenvalue weighted by atomic mass is 10.2. The van der Waals surface area contributed by atoms with Crippen LogP contribution in [-0.4, -0.2) is 33.5 Å². The van der Waals surface area contributed by atoms with Gasteiger partial charge in [-0.15, -0.1) is 0 Å². The quantitative estimate of drug-likeness (QED) is 0.511. The van der Waals surface area contributed by atoms with Crippen molar-refractivity contribution in [3.8, 4) is 17.1 Å². The lowest BCUT2D eigenvalue weighted by Gasteiger charge is -2.21. The van der Waals surface area contributed by atoms with E-state index in [4.69, 9.17) is 27.9 Å². The average molecular weight is 475 g/mol. The highest BCUT2D eigenvalue weighted by Crippen LogP contribution is 2.41. The van der Waals surface area contributed by atoms with Gasteiger partial charge < -0.3 is 4.74 Å². The number of ether oxygens (including phenoxy) is 1. The van der Waals surface area contributed by atoms with E-state index in [1.165, 1.54) is 35.2 Å². The van der Waals surface area contributed by atoms with Gasteiger partial charge in [-0.3, -0.25) is 14.2 Å². The van der Waals surface area contributed by atoms with Crippen LogP contribution in [0.1, 0.15) is 24.2 Å². The number of carbonyl (C=O) groups is 2. The van der Waals surface area contributed by atoms with Gasteiger partial charge in [0.1, 0.15) is 21.6 Å². The highest BCUT2D eigenvalue weighted by molar-refractivity contribution is 8.14. The molecule has 4 rings (SSSR count). The molecule has 0 N–H and O–H groups in total. The van der Waals surface area contributed by atoms with Crippen molar-refractivity contribution in [1.29, 1.82) is 0 Å². The second-order valence-electron chi connectivity index (χ2n) is 6.61. The molecule has 0 aliphatic carbocycles. The van der Waals surface area contributed by atoms with Gasteiger partial charge >= 0.3 is 0 Å². The number of methoxy groups -OCH3 is 1. The molecule has 2 aromatic carbocycles. The minimum atomic E-state index is -0.339. The van der Waals surface area contributed by atoms with Crippen molar-refractivity contribution in [3.05, 3.63) is 58.1 Å². The van der Waals surface area contributed by atoms with Crippen LogP contribution in [0.2, 0.25) is 10.0 Å². The molecule has 0 radical (unpaired) electrons. The molecule has 3 aromatic rings. The number of hydrazone groups is 1. The van der Waals surface area contributed by atoms with Crippen LogP contribution < -0.4 is 9.75 Å². The van der Waals surface area contributed by atoms with Crippen LogP contribution in [0.4, 0.5) is 5.82 Å². The number of carbonyl (C=O) groups excluding carboxylic acids is 2. The SMILES string of the molecule is COc1ccc(-c2nc3c(n2C(C)=O)SC(c2ccc(Cl)c(Cl)c2)=NN3C(C)=O)cc1. The molecule has 10 heteroatoms. The Labute approximate surface area is 192 Å². The zero-order chi connectivity index (χ0) is 22.3. The van der Waals surface area contributed by atoms with Crippen molar-refractivity contribution in [1.82, 2.24) is 9.55 Å². The van der Waals surface area contributed by atoms with Gasteiger partial charge in [0.2, 0.25) is 11.8 Å². The van der Waals surface area contributed by atoms with E-state index in [0.717, 1.165) is 0 Å². The summed E-state index contributed by atoms with van der Waals surface area (Å²) in [5.74, 6) is 0.797. The topological polar surface area (TPSA) is 76.8 Å². The van der Waals surface area contributed by atoms with Gasteiger partial charge in [-0.2, -0.15) is 10.1 Å². The van der Waals surface area contributed by atoms with E-state index >= 15 is 0 Å². The summed E-state index contributed by atoms with van der Waals surface area (Å²) in [5.41, 5.74) is 1.36. The molecule has 0 spiro atoms. The number of aromatic nitrogens is 2. The van der Waals surface area contributed by atoms with Gasteiger partial charge in [-0.05, 0) is 48.2 Å². The predicted octanol–water partition coefficient (Wildman–Crippen LogP) is 5.35. The van der Waals surface area contributed by atoms with Gasteiger partial charge in [-0.25, -0.2) is 4.98 Å². The fraction of sp³-hybridized carbons (Fsp3) is 0.143. The van der Waals surface area contributed by atoms with Crippen LogP contribution in [0.15, 0.2) is 52.6 Å². The maximum Gasteiger partial charge on any atom is 0.245 e. The number of halogens is 2. The van der Waals surface area contributed by atoms with Crippen LogP contribution in [-0.2, 0) is 4.79 Å². The highest BCUT2D eigenvalue weighted by atomic mass is 35.5. The molecule has 0 fully saturated rings. The minimum absolute atomic E-state index is 0.244. The lowest BCUT2D eigenvalue weighted by molar-refractivity contribution is -0.116. The van der Waals surface area contributed by atoms with Gasteiger partial charge in [0.25, 0.3) is 0 Å². The molecule has 1 amide bonds. The Morgan fingerprint density at radius 1 is 0.968 bits per heavy atom. The zero-order valence-electron chi connectivity index (χ0n) is 16.7. The van der Waals surface area contributed by atoms with Crippen molar-refractivity contribution in [3.63, 3.8) is 0 Å². The molecular weight excluding hydrogens is 459 g/mol. The second kappa shape index (κ2) is 8.37. The summed E-state index contributed by atoms with van der Waals surface area (Å²) in [4.78, 5) is 29.6. The summed E-state index contributed by atoms with van der Waals surface area (Å²) < 4.78 is 6.68. The predicted molar refractivity (Wildman–Crippen MR) is 123 cm³/mol. The van der Waals surface area contributed by atoms with Crippen molar-refractivity contribution < 1.29 is 14.3 Å². The highest BCUT2D eigenvalue weighted by Gasteiger charge is 2.32. The first-order valence-corrected chi connectivity index (χ1v) is 10.7. The Balaban J connectivity index is 1.87. The van der Waals surface area contributed by atoms with E-state index in [1.807, 2.05) is 0 Å². The molecule has 7 nitrogen and oxygen atoms in total. The third-order valence-corrected chi connectivity index (χ3v) is 6.34. The summed E-state index contributed by atoms with van der Waals surface area (Å²) in [6, 6.07) is 12.2. The Morgan fingerprint density at radius 2 is 1.65 bits per heavy atom. The molecule has 158 valence electrons. The molecule has 0 saturated heterocycles. The first-order chi connectivity index (χ1) is 14.8. The lowest BCUT2D eigenvalue weighted by Crippen LogP contribution is -2.28. The smallest absolute Gasteiger partial charge is 0.245 e. The summed E-state index contributed by atoms with van der Waals surface area (Å²) >= 11 is 13.4.